The molecule has 0 aliphatic heterocycles. The monoisotopic (exact) mass is 365 g/mol. The number of aromatic amines is 1. The van der Waals surface area contributed by atoms with Crippen LogP contribution in [0.1, 0.15) is 32.4 Å². The smallest absolute Gasteiger partial charge is 0.330 e. The van der Waals surface area contributed by atoms with Crippen LogP contribution in [-0.2, 0) is 13.1 Å². The molecule has 9 heteroatoms. The molecule has 0 fully saturated rings. The Bertz CT molecular complexity index is 825. The van der Waals surface area contributed by atoms with Crippen LogP contribution < -0.4 is 27.2 Å². The normalized spacial score (nSPS) is 10.6. The largest absolute Gasteiger partial charge is 0.467 e. The van der Waals surface area contributed by atoms with Gasteiger partial charge in [0, 0.05) is 13.1 Å². The lowest BCUT2D eigenvalue weighted by molar-refractivity contribution is 0.510. The first-order valence-corrected chi connectivity index (χ1v) is 8.60. The number of nitrogens with one attached hydrogen (secondary N) is 2. The van der Waals surface area contributed by atoms with Crippen molar-refractivity contribution in [1.82, 2.24) is 14.9 Å². The average Bonchev–Trinajstić information content (AvgIpc) is 3.07. The van der Waals surface area contributed by atoms with Gasteiger partial charge in [0.05, 0.1) is 12.8 Å². The van der Waals surface area contributed by atoms with Gasteiger partial charge in [0.2, 0.25) is 0 Å². The zero-order valence-electron chi connectivity index (χ0n) is 14.4. The van der Waals surface area contributed by atoms with E-state index in [0.29, 0.717) is 24.0 Å². The van der Waals surface area contributed by atoms with Crippen molar-refractivity contribution in [1.29, 1.82) is 0 Å². The highest BCUT2D eigenvalue weighted by molar-refractivity contribution is 7.80. The lowest BCUT2D eigenvalue weighted by atomic mass is 10.3. The minimum absolute atomic E-state index is 0.0917. The van der Waals surface area contributed by atoms with Gasteiger partial charge in [-0.3, -0.25) is 14.3 Å². The van der Waals surface area contributed by atoms with Crippen LogP contribution in [0, 0.1) is 0 Å². The molecule has 0 aliphatic carbocycles. The van der Waals surface area contributed by atoms with Crippen LogP contribution in [-0.4, -0.2) is 21.2 Å². The molecule has 0 saturated carbocycles. The second-order valence-electron chi connectivity index (χ2n) is 5.50. The molecule has 136 valence electrons. The van der Waals surface area contributed by atoms with Gasteiger partial charge in [-0.1, -0.05) is 13.3 Å². The van der Waals surface area contributed by atoms with E-state index in [9.17, 15) is 9.59 Å². The molecule has 0 saturated heterocycles. The van der Waals surface area contributed by atoms with Gasteiger partial charge in [0.15, 0.2) is 10.8 Å². The van der Waals surface area contributed by atoms with Crippen LogP contribution in [0.25, 0.3) is 0 Å². The second-order valence-corrected chi connectivity index (χ2v) is 5.89. The highest BCUT2D eigenvalue weighted by Gasteiger charge is 2.22. The van der Waals surface area contributed by atoms with Gasteiger partial charge in [-0.15, -0.1) is 0 Å². The van der Waals surface area contributed by atoms with Gasteiger partial charge in [-0.25, -0.2) is 4.79 Å². The van der Waals surface area contributed by atoms with Crippen LogP contribution in [0.15, 0.2) is 32.4 Å². The quantitative estimate of drug-likeness (QED) is 0.637. The van der Waals surface area contributed by atoms with E-state index < -0.39 is 11.2 Å². The third-order valence-electron chi connectivity index (χ3n) is 3.69. The van der Waals surface area contributed by atoms with E-state index in [1.54, 1.807) is 23.3 Å². The molecule has 2 aromatic heterocycles. The lowest BCUT2D eigenvalue weighted by Gasteiger charge is -2.26. The van der Waals surface area contributed by atoms with E-state index in [0.717, 1.165) is 12.8 Å². The van der Waals surface area contributed by atoms with Crippen LogP contribution in [0.5, 0.6) is 0 Å². The minimum atomic E-state index is -0.581. The molecule has 2 heterocycles. The summed E-state index contributed by atoms with van der Waals surface area (Å²) in [5.74, 6) is 0.708. The standard InChI is InChI=1S/C16H23N5O3S/c1-3-5-8-20-13(17)12(14(22)19-15(20)23)21(16(25)18-4-2)10-11-7-6-9-24-11/h6-7,9H,3-5,8,10,17H2,1-2H3,(H,18,25)(H,19,22,23). The molecule has 0 amide bonds. The first-order valence-electron chi connectivity index (χ1n) is 8.19. The Kier molecular flexibility index (Phi) is 6.40. The predicted octanol–water partition coefficient (Wildman–Crippen LogP) is 1.41. The predicted molar refractivity (Wildman–Crippen MR) is 102 cm³/mol. The summed E-state index contributed by atoms with van der Waals surface area (Å²) in [5, 5.41) is 3.34. The van der Waals surface area contributed by atoms with Gasteiger partial charge >= 0.3 is 5.69 Å². The summed E-state index contributed by atoms with van der Waals surface area (Å²) in [6.07, 6.45) is 3.21. The molecule has 25 heavy (non-hydrogen) atoms. The Labute approximate surface area is 150 Å². The fourth-order valence-electron chi connectivity index (χ4n) is 2.43. The molecule has 2 aromatic rings. The Hall–Kier alpha value is -2.55. The molecule has 4 N–H and O–H groups in total. The number of hydrogen-bond donors (Lipinski definition) is 3. The zero-order chi connectivity index (χ0) is 18.4. The number of H-pyrrole nitrogens is 1. The van der Waals surface area contributed by atoms with Crippen LogP contribution in [0.2, 0.25) is 0 Å². The number of furan rings is 1. The molecule has 0 unspecified atom stereocenters. The number of hydrogen-bond acceptors (Lipinski definition) is 5. The molecular weight excluding hydrogens is 342 g/mol. The summed E-state index contributed by atoms with van der Waals surface area (Å²) in [6.45, 7) is 5.14. The topological polar surface area (TPSA) is 109 Å². The number of anilines is 2. The van der Waals surface area contributed by atoms with Crippen molar-refractivity contribution in [3.8, 4) is 0 Å². The average molecular weight is 365 g/mol. The first-order chi connectivity index (χ1) is 12.0. The molecule has 0 spiro atoms. The Morgan fingerprint density at radius 1 is 1.44 bits per heavy atom. The van der Waals surface area contributed by atoms with E-state index >= 15 is 0 Å². The molecule has 0 atom stereocenters. The van der Waals surface area contributed by atoms with Crippen molar-refractivity contribution in [2.24, 2.45) is 0 Å². The van der Waals surface area contributed by atoms with Gasteiger partial charge < -0.3 is 20.4 Å². The molecule has 2 rings (SSSR count). The third kappa shape index (κ3) is 4.30. The molecule has 0 aliphatic rings. The zero-order valence-corrected chi connectivity index (χ0v) is 15.2. The van der Waals surface area contributed by atoms with E-state index in [2.05, 4.69) is 10.3 Å². The third-order valence-corrected chi connectivity index (χ3v) is 4.05. The number of nitrogens with zero attached hydrogens (tertiary/aromatic N) is 2. The van der Waals surface area contributed by atoms with E-state index in [1.165, 1.54) is 4.57 Å². The second kappa shape index (κ2) is 8.52. The van der Waals surface area contributed by atoms with E-state index in [1.807, 2.05) is 13.8 Å². The summed E-state index contributed by atoms with van der Waals surface area (Å²) in [5.41, 5.74) is 5.21. The van der Waals surface area contributed by atoms with Crippen LogP contribution in [0.4, 0.5) is 11.5 Å². The van der Waals surface area contributed by atoms with Crippen LogP contribution in [0.3, 0.4) is 0 Å². The van der Waals surface area contributed by atoms with Crippen molar-refractivity contribution < 1.29 is 4.42 Å². The number of thiocarbonyl (C=S) groups is 1. The van der Waals surface area contributed by atoms with Gasteiger partial charge in [0.1, 0.15) is 11.6 Å². The number of unbranched alkanes of at least 4 members (excludes halogenated alkanes) is 1. The summed E-state index contributed by atoms with van der Waals surface area (Å²) in [4.78, 5) is 28.4. The maximum absolute atomic E-state index is 12.5. The fraction of sp³-hybridized carbons (Fsp3) is 0.438. The maximum atomic E-state index is 12.5. The number of nitrogens with two attached hydrogens (primary N) is 1. The Morgan fingerprint density at radius 2 is 2.20 bits per heavy atom. The molecule has 0 bridgehead atoms. The Morgan fingerprint density at radius 3 is 2.80 bits per heavy atom. The highest BCUT2D eigenvalue weighted by Crippen LogP contribution is 2.20. The van der Waals surface area contributed by atoms with Crippen molar-refractivity contribution in [2.45, 2.75) is 39.8 Å². The summed E-state index contributed by atoms with van der Waals surface area (Å²) >= 11 is 5.39. The molecular formula is C16H23N5O3S. The molecule has 0 radical (unpaired) electrons. The SMILES string of the molecule is CCCCn1c(N)c(N(Cc2ccco2)C(=S)NCC)c(=O)[nH]c1=O. The molecule has 0 aromatic carbocycles. The highest BCUT2D eigenvalue weighted by atomic mass is 32.1. The summed E-state index contributed by atoms with van der Waals surface area (Å²) in [7, 11) is 0. The number of rotatable bonds is 7. The minimum Gasteiger partial charge on any atom is -0.467 e. The summed E-state index contributed by atoms with van der Waals surface area (Å²) in [6, 6.07) is 3.53. The summed E-state index contributed by atoms with van der Waals surface area (Å²) < 4.78 is 6.73. The van der Waals surface area contributed by atoms with Crippen molar-refractivity contribution in [2.75, 3.05) is 17.2 Å². The Balaban J connectivity index is 2.53. The fourth-order valence-corrected chi connectivity index (χ4v) is 2.73. The van der Waals surface area contributed by atoms with Crippen molar-refractivity contribution >= 4 is 28.8 Å². The van der Waals surface area contributed by atoms with Gasteiger partial charge in [-0.2, -0.15) is 0 Å². The van der Waals surface area contributed by atoms with Gasteiger partial charge in [-0.05, 0) is 37.7 Å². The lowest BCUT2D eigenvalue weighted by Crippen LogP contribution is -2.45. The van der Waals surface area contributed by atoms with E-state index in [4.69, 9.17) is 22.4 Å². The number of nitrogen functional groups attached to an aromatic ring is 1. The molecule has 8 nitrogen and oxygen atoms in total. The van der Waals surface area contributed by atoms with Crippen molar-refractivity contribution in [3.05, 3.63) is 45.0 Å². The van der Waals surface area contributed by atoms with Crippen molar-refractivity contribution in [3.63, 3.8) is 0 Å². The number of aromatic nitrogens is 2. The first kappa shape index (κ1) is 18.8. The van der Waals surface area contributed by atoms with E-state index in [-0.39, 0.29) is 18.1 Å². The van der Waals surface area contributed by atoms with Crippen LogP contribution >= 0.6 is 12.2 Å². The maximum Gasteiger partial charge on any atom is 0.330 e. The van der Waals surface area contributed by atoms with Gasteiger partial charge in [0.25, 0.3) is 5.56 Å².